The van der Waals surface area contributed by atoms with Gasteiger partial charge in [-0.05, 0) is 18.2 Å². The number of aromatic hydroxyl groups is 1. The number of nitrogens with one attached hydrogen (secondary N) is 1. The van der Waals surface area contributed by atoms with E-state index in [1.54, 1.807) is 12.1 Å². The SMILES string of the molecule is COc1ccc(CNc2cc([N+](=O)[O-])ccc2F)c(O)c1. The number of nitrogens with zero attached hydrogens (tertiary/aromatic N) is 1. The Labute approximate surface area is 119 Å². The second-order valence-corrected chi connectivity index (χ2v) is 4.27. The molecule has 0 saturated heterocycles. The lowest BCUT2D eigenvalue weighted by atomic mass is 10.2. The number of non-ortho nitro benzene ring substituents is 1. The number of nitro benzene ring substituents is 1. The van der Waals surface area contributed by atoms with Crippen LogP contribution in [0.1, 0.15) is 5.56 Å². The Balaban J connectivity index is 2.16. The van der Waals surface area contributed by atoms with E-state index < -0.39 is 10.7 Å². The standard InChI is InChI=1S/C14H13FN2O4/c1-21-11-4-2-9(14(18)7-11)8-16-13-6-10(17(19)20)3-5-12(13)15/h2-7,16,18H,8H2,1H3. The van der Waals surface area contributed by atoms with Crippen LogP contribution in [-0.4, -0.2) is 17.1 Å². The molecular weight excluding hydrogens is 279 g/mol. The van der Waals surface area contributed by atoms with Crippen LogP contribution in [0, 0.1) is 15.9 Å². The van der Waals surface area contributed by atoms with Crippen LogP contribution in [0.3, 0.4) is 0 Å². The highest BCUT2D eigenvalue weighted by Gasteiger charge is 2.11. The zero-order chi connectivity index (χ0) is 15.4. The fourth-order valence-corrected chi connectivity index (χ4v) is 1.77. The van der Waals surface area contributed by atoms with E-state index in [1.165, 1.54) is 13.2 Å². The summed E-state index contributed by atoms with van der Waals surface area (Å²) in [4.78, 5) is 10.1. The number of anilines is 1. The Bertz CT molecular complexity index is 676. The van der Waals surface area contributed by atoms with Crippen LogP contribution in [0.4, 0.5) is 15.8 Å². The molecule has 7 heteroatoms. The van der Waals surface area contributed by atoms with Crippen LogP contribution < -0.4 is 10.1 Å². The normalized spacial score (nSPS) is 10.2. The van der Waals surface area contributed by atoms with Gasteiger partial charge in [0.05, 0.1) is 17.7 Å². The van der Waals surface area contributed by atoms with Crippen molar-refractivity contribution < 1.29 is 19.2 Å². The zero-order valence-electron chi connectivity index (χ0n) is 11.2. The van der Waals surface area contributed by atoms with E-state index in [-0.39, 0.29) is 23.7 Å². The third-order valence-corrected chi connectivity index (χ3v) is 2.92. The molecule has 0 bridgehead atoms. The first-order chi connectivity index (χ1) is 10.0. The van der Waals surface area contributed by atoms with Gasteiger partial charge < -0.3 is 15.2 Å². The van der Waals surface area contributed by atoms with Crippen molar-refractivity contribution >= 4 is 11.4 Å². The van der Waals surface area contributed by atoms with Crippen molar-refractivity contribution in [2.75, 3.05) is 12.4 Å². The smallest absolute Gasteiger partial charge is 0.271 e. The van der Waals surface area contributed by atoms with E-state index in [0.29, 0.717) is 11.3 Å². The van der Waals surface area contributed by atoms with Crippen molar-refractivity contribution in [3.05, 3.63) is 57.9 Å². The summed E-state index contributed by atoms with van der Waals surface area (Å²) in [7, 11) is 1.48. The minimum absolute atomic E-state index is 0.000539. The summed E-state index contributed by atoms with van der Waals surface area (Å²) in [6.45, 7) is 0.119. The van der Waals surface area contributed by atoms with E-state index >= 15 is 0 Å². The monoisotopic (exact) mass is 292 g/mol. The zero-order valence-corrected chi connectivity index (χ0v) is 11.2. The number of phenols is 1. The molecule has 0 saturated carbocycles. The van der Waals surface area contributed by atoms with E-state index in [9.17, 15) is 19.6 Å². The number of rotatable bonds is 5. The average Bonchev–Trinajstić information content (AvgIpc) is 2.47. The molecule has 2 N–H and O–H groups in total. The van der Waals surface area contributed by atoms with E-state index in [4.69, 9.17) is 4.74 Å². The summed E-state index contributed by atoms with van der Waals surface area (Å²) in [5, 5.41) is 23.2. The van der Waals surface area contributed by atoms with E-state index in [0.717, 1.165) is 18.2 Å². The Morgan fingerprint density at radius 3 is 2.71 bits per heavy atom. The van der Waals surface area contributed by atoms with E-state index in [1.807, 2.05) is 0 Å². The maximum Gasteiger partial charge on any atom is 0.271 e. The minimum atomic E-state index is -0.603. The van der Waals surface area contributed by atoms with Crippen LogP contribution in [0.5, 0.6) is 11.5 Å². The van der Waals surface area contributed by atoms with Crippen LogP contribution in [0.15, 0.2) is 36.4 Å². The third-order valence-electron chi connectivity index (χ3n) is 2.92. The molecule has 0 aliphatic rings. The van der Waals surface area contributed by atoms with Crippen LogP contribution in [0.2, 0.25) is 0 Å². The van der Waals surface area contributed by atoms with Crippen LogP contribution >= 0.6 is 0 Å². The highest BCUT2D eigenvalue weighted by molar-refractivity contribution is 5.53. The molecule has 0 aliphatic carbocycles. The van der Waals surface area contributed by atoms with Gasteiger partial charge >= 0.3 is 0 Å². The second-order valence-electron chi connectivity index (χ2n) is 4.27. The number of benzene rings is 2. The number of ether oxygens (including phenoxy) is 1. The highest BCUT2D eigenvalue weighted by atomic mass is 19.1. The molecule has 0 unspecified atom stereocenters. The molecule has 2 aromatic rings. The third kappa shape index (κ3) is 3.38. The van der Waals surface area contributed by atoms with Crippen molar-refractivity contribution in [1.29, 1.82) is 0 Å². The topological polar surface area (TPSA) is 84.6 Å². The van der Waals surface area contributed by atoms with Gasteiger partial charge in [-0.25, -0.2) is 4.39 Å². The predicted molar refractivity (Wildman–Crippen MR) is 75.0 cm³/mol. The maximum atomic E-state index is 13.6. The Hall–Kier alpha value is -2.83. The van der Waals surface area contributed by atoms with Gasteiger partial charge in [0.2, 0.25) is 0 Å². The van der Waals surface area contributed by atoms with Gasteiger partial charge in [0, 0.05) is 30.3 Å². The second kappa shape index (κ2) is 6.08. The molecule has 6 nitrogen and oxygen atoms in total. The molecule has 0 aliphatic heterocycles. The summed E-state index contributed by atoms with van der Waals surface area (Å²) < 4.78 is 18.5. The fourth-order valence-electron chi connectivity index (χ4n) is 1.77. The van der Waals surface area contributed by atoms with Crippen molar-refractivity contribution in [2.45, 2.75) is 6.54 Å². The van der Waals surface area contributed by atoms with Gasteiger partial charge in [-0.15, -0.1) is 0 Å². The lowest BCUT2D eigenvalue weighted by Gasteiger charge is -2.10. The summed E-state index contributed by atoms with van der Waals surface area (Å²) >= 11 is 0. The number of methoxy groups -OCH3 is 1. The number of hydrogen-bond donors (Lipinski definition) is 2. The average molecular weight is 292 g/mol. The Morgan fingerprint density at radius 1 is 1.33 bits per heavy atom. The Kier molecular flexibility index (Phi) is 4.22. The Morgan fingerprint density at radius 2 is 2.10 bits per heavy atom. The molecule has 2 rings (SSSR count). The van der Waals surface area contributed by atoms with E-state index in [2.05, 4.69) is 5.32 Å². The summed E-state index contributed by atoms with van der Waals surface area (Å²) in [6, 6.07) is 7.92. The molecule has 2 aromatic carbocycles. The summed E-state index contributed by atoms with van der Waals surface area (Å²) in [5.74, 6) is -0.112. The molecule has 0 amide bonds. The number of phenolic OH excluding ortho intramolecular Hbond substituents is 1. The molecule has 110 valence electrons. The summed E-state index contributed by atoms with van der Waals surface area (Å²) in [5.41, 5.74) is 0.305. The van der Waals surface area contributed by atoms with Crippen molar-refractivity contribution in [3.63, 3.8) is 0 Å². The van der Waals surface area contributed by atoms with Crippen molar-refractivity contribution in [1.82, 2.24) is 0 Å². The van der Waals surface area contributed by atoms with Crippen LogP contribution in [0.25, 0.3) is 0 Å². The molecular formula is C14H13FN2O4. The number of hydrogen-bond acceptors (Lipinski definition) is 5. The highest BCUT2D eigenvalue weighted by Crippen LogP contribution is 2.26. The first kappa shape index (κ1) is 14.6. The lowest BCUT2D eigenvalue weighted by Crippen LogP contribution is -2.02. The first-order valence-electron chi connectivity index (χ1n) is 6.05. The largest absolute Gasteiger partial charge is 0.507 e. The molecule has 0 radical (unpaired) electrons. The summed E-state index contributed by atoms with van der Waals surface area (Å²) in [6.07, 6.45) is 0. The van der Waals surface area contributed by atoms with Gasteiger partial charge in [-0.1, -0.05) is 0 Å². The fraction of sp³-hybridized carbons (Fsp3) is 0.143. The maximum absolute atomic E-state index is 13.6. The molecule has 0 spiro atoms. The van der Waals surface area contributed by atoms with Gasteiger partial charge in [0.1, 0.15) is 17.3 Å². The van der Waals surface area contributed by atoms with Crippen LogP contribution in [-0.2, 0) is 6.54 Å². The van der Waals surface area contributed by atoms with Gasteiger partial charge in [-0.2, -0.15) is 0 Å². The van der Waals surface area contributed by atoms with Crippen molar-refractivity contribution in [2.24, 2.45) is 0 Å². The number of halogens is 1. The predicted octanol–water partition coefficient (Wildman–Crippen LogP) is 3.06. The minimum Gasteiger partial charge on any atom is -0.507 e. The van der Waals surface area contributed by atoms with Gasteiger partial charge in [-0.3, -0.25) is 10.1 Å². The molecule has 0 heterocycles. The quantitative estimate of drug-likeness (QED) is 0.653. The molecule has 0 atom stereocenters. The number of nitro groups is 1. The lowest BCUT2D eigenvalue weighted by molar-refractivity contribution is -0.384. The van der Waals surface area contributed by atoms with Crippen molar-refractivity contribution in [3.8, 4) is 11.5 Å². The molecule has 21 heavy (non-hydrogen) atoms. The molecule has 0 fully saturated rings. The first-order valence-corrected chi connectivity index (χ1v) is 6.05. The van der Waals surface area contributed by atoms with Gasteiger partial charge in [0.25, 0.3) is 5.69 Å². The van der Waals surface area contributed by atoms with Gasteiger partial charge in [0.15, 0.2) is 0 Å². The molecule has 0 aromatic heterocycles.